The number of rotatable bonds is 5. The van der Waals surface area contributed by atoms with Gasteiger partial charge >= 0.3 is 0 Å². The third-order valence-corrected chi connectivity index (χ3v) is 6.80. The van der Waals surface area contributed by atoms with Crippen LogP contribution in [0.25, 0.3) is 22.0 Å². The molecule has 178 valence electrons. The van der Waals surface area contributed by atoms with Crippen LogP contribution in [-0.2, 0) is 5.41 Å². The van der Waals surface area contributed by atoms with E-state index in [4.69, 9.17) is 0 Å². The molecule has 5 aromatic rings. The molecule has 36 heavy (non-hydrogen) atoms. The maximum Gasteiger partial charge on any atom is 0.139 e. The molecule has 3 aromatic heterocycles. The number of anilines is 5. The largest absolute Gasteiger partial charge is 0.384 e. The zero-order valence-corrected chi connectivity index (χ0v) is 20.5. The summed E-state index contributed by atoms with van der Waals surface area (Å²) in [6.07, 6.45) is 6.91. The summed E-state index contributed by atoms with van der Waals surface area (Å²) in [5.41, 5.74) is 7.50. The molecule has 6 rings (SSSR count). The zero-order chi connectivity index (χ0) is 24.7. The summed E-state index contributed by atoms with van der Waals surface area (Å²) in [6.45, 7) is 7.56. The summed E-state index contributed by atoms with van der Waals surface area (Å²) in [5.74, 6) is 1.55. The molecule has 1 aliphatic rings. The Morgan fingerprint density at radius 2 is 1.72 bits per heavy atom. The topological polar surface area (TPSA) is 87.7 Å². The van der Waals surface area contributed by atoms with Crippen LogP contribution in [0.15, 0.2) is 79.5 Å². The van der Waals surface area contributed by atoms with Crippen molar-refractivity contribution in [2.24, 2.45) is 0 Å². The highest BCUT2D eigenvalue weighted by molar-refractivity contribution is 6.03. The maximum atomic E-state index is 4.68. The lowest BCUT2D eigenvalue weighted by Gasteiger charge is -2.18. The highest BCUT2D eigenvalue weighted by Gasteiger charge is 2.29. The molecule has 0 spiro atoms. The minimum Gasteiger partial charge on any atom is -0.384 e. The number of aryl methyl sites for hydroxylation is 1. The minimum absolute atomic E-state index is 0.139. The molecule has 0 amide bonds. The van der Waals surface area contributed by atoms with Gasteiger partial charge in [0.05, 0.1) is 11.4 Å². The summed E-state index contributed by atoms with van der Waals surface area (Å²) in [4.78, 5) is 17.8. The molecule has 0 bridgehead atoms. The molecule has 0 fully saturated rings. The van der Waals surface area contributed by atoms with Gasteiger partial charge in [0.2, 0.25) is 0 Å². The number of nitrogens with one attached hydrogen (secondary N) is 3. The van der Waals surface area contributed by atoms with Gasteiger partial charge in [-0.1, -0.05) is 32.0 Å². The molecule has 3 N–H and O–H groups in total. The number of hydrogen-bond donors (Lipinski definition) is 3. The number of nitrogens with zero attached hydrogens (tertiary/aromatic N) is 4. The number of aromatic nitrogens is 4. The van der Waals surface area contributed by atoms with Crippen molar-refractivity contribution in [3.05, 3.63) is 90.6 Å². The molecule has 0 radical (unpaired) electrons. The Hall–Kier alpha value is -4.52. The summed E-state index contributed by atoms with van der Waals surface area (Å²) >= 11 is 0. The number of hydrogen-bond acceptors (Lipinski definition) is 7. The lowest BCUT2D eigenvalue weighted by molar-refractivity contribution is 0.586. The van der Waals surface area contributed by atoms with E-state index < -0.39 is 0 Å². The number of pyridine rings is 2. The van der Waals surface area contributed by atoms with Crippen LogP contribution in [0.1, 0.15) is 25.0 Å². The predicted molar refractivity (Wildman–Crippen MR) is 146 cm³/mol. The third-order valence-electron chi connectivity index (χ3n) is 6.80. The van der Waals surface area contributed by atoms with Crippen molar-refractivity contribution in [1.82, 2.24) is 19.9 Å². The molecule has 7 heteroatoms. The molecular formula is C29H27N7. The lowest BCUT2D eigenvalue weighted by Crippen LogP contribution is -2.18. The van der Waals surface area contributed by atoms with E-state index in [2.05, 4.69) is 87.0 Å². The van der Waals surface area contributed by atoms with E-state index in [0.717, 1.165) is 57.1 Å². The zero-order valence-electron chi connectivity index (χ0n) is 20.5. The van der Waals surface area contributed by atoms with Gasteiger partial charge in [0.1, 0.15) is 18.0 Å². The third kappa shape index (κ3) is 3.88. The normalized spacial score (nSPS) is 13.8. The fourth-order valence-corrected chi connectivity index (χ4v) is 4.82. The van der Waals surface area contributed by atoms with Crippen molar-refractivity contribution in [3.8, 4) is 11.3 Å². The van der Waals surface area contributed by atoms with E-state index in [-0.39, 0.29) is 5.41 Å². The molecule has 0 saturated heterocycles. The van der Waals surface area contributed by atoms with Crippen LogP contribution in [0, 0.1) is 6.92 Å². The molecule has 1 aliphatic heterocycles. The molecule has 0 unspecified atom stereocenters. The minimum atomic E-state index is 0.139. The molecule has 0 atom stereocenters. The Bertz CT molecular complexity index is 1580. The van der Waals surface area contributed by atoms with Crippen molar-refractivity contribution in [1.29, 1.82) is 0 Å². The number of benzene rings is 2. The fourth-order valence-electron chi connectivity index (χ4n) is 4.82. The molecular weight excluding hydrogens is 446 g/mol. The van der Waals surface area contributed by atoms with Gasteiger partial charge in [-0.2, -0.15) is 0 Å². The van der Waals surface area contributed by atoms with Gasteiger partial charge in [0, 0.05) is 58.3 Å². The van der Waals surface area contributed by atoms with Crippen molar-refractivity contribution >= 4 is 39.5 Å². The van der Waals surface area contributed by atoms with E-state index >= 15 is 0 Å². The fraction of sp³-hybridized carbons (Fsp3) is 0.172. The average Bonchev–Trinajstić information content (AvgIpc) is 3.20. The molecule has 7 nitrogen and oxygen atoms in total. The van der Waals surface area contributed by atoms with Crippen molar-refractivity contribution in [3.63, 3.8) is 0 Å². The second-order valence-corrected chi connectivity index (χ2v) is 9.75. The highest BCUT2D eigenvalue weighted by atomic mass is 15.0. The van der Waals surface area contributed by atoms with Gasteiger partial charge in [0.25, 0.3) is 0 Å². The Kier molecular flexibility index (Phi) is 5.25. The van der Waals surface area contributed by atoms with Gasteiger partial charge in [-0.05, 0) is 54.4 Å². The first-order valence-electron chi connectivity index (χ1n) is 12.0. The highest BCUT2D eigenvalue weighted by Crippen LogP contribution is 2.39. The Labute approximate surface area is 210 Å². The van der Waals surface area contributed by atoms with E-state index in [1.165, 1.54) is 11.3 Å². The summed E-state index contributed by atoms with van der Waals surface area (Å²) < 4.78 is 0. The Morgan fingerprint density at radius 1 is 0.833 bits per heavy atom. The maximum absolute atomic E-state index is 4.68. The van der Waals surface area contributed by atoms with Crippen molar-refractivity contribution < 1.29 is 0 Å². The van der Waals surface area contributed by atoms with Crippen molar-refractivity contribution in [2.45, 2.75) is 26.2 Å². The SMILES string of the molecule is Cc1ccc2c(Nc3ccc4c(c3)NCC4(C)C)nccc2c1Nc1ncccc1-c1ccncn1. The smallest absolute Gasteiger partial charge is 0.139 e. The first-order chi connectivity index (χ1) is 17.5. The lowest BCUT2D eigenvalue weighted by atomic mass is 9.87. The van der Waals surface area contributed by atoms with Gasteiger partial charge < -0.3 is 16.0 Å². The summed E-state index contributed by atoms with van der Waals surface area (Å²) in [7, 11) is 0. The molecule has 4 heterocycles. The molecule has 0 saturated carbocycles. The van der Waals surface area contributed by atoms with E-state index in [1.54, 1.807) is 18.7 Å². The second-order valence-electron chi connectivity index (χ2n) is 9.75. The Morgan fingerprint density at radius 3 is 2.58 bits per heavy atom. The van der Waals surface area contributed by atoms with Gasteiger partial charge in [-0.25, -0.2) is 19.9 Å². The standard InChI is InChI=1S/C29H27N7/c1-18-6-8-21-20(26(18)36-28-22(5-4-12-31-28)24-11-13-30-17-34-24)10-14-32-27(21)35-19-7-9-23-25(15-19)33-16-29(23,2)3/h4-15,17,33H,16H2,1-3H3,(H,31,36)(H,32,35). The van der Waals surface area contributed by atoms with Crippen LogP contribution in [-0.4, -0.2) is 26.5 Å². The van der Waals surface area contributed by atoms with E-state index in [0.29, 0.717) is 0 Å². The molecule has 2 aromatic carbocycles. The van der Waals surface area contributed by atoms with E-state index in [1.807, 2.05) is 30.5 Å². The van der Waals surface area contributed by atoms with E-state index in [9.17, 15) is 0 Å². The van der Waals surface area contributed by atoms with Gasteiger partial charge in [-0.3, -0.25) is 0 Å². The molecule has 0 aliphatic carbocycles. The van der Waals surface area contributed by atoms with Crippen LogP contribution in [0.5, 0.6) is 0 Å². The van der Waals surface area contributed by atoms with Crippen LogP contribution in [0.4, 0.5) is 28.7 Å². The number of fused-ring (bicyclic) bond motifs is 2. The summed E-state index contributed by atoms with van der Waals surface area (Å²) in [5, 5.41) is 12.7. The first-order valence-corrected chi connectivity index (χ1v) is 12.0. The van der Waals surface area contributed by atoms with Crippen LogP contribution in [0.3, 0.4) is 0 Å². The monoisotopic (exact) mass is 473 g/mol. The predicted octanol–water partition coefficient (Wildman–Crippen LogP) is 6.59. The van der Waals surface area contributed by atoms with Crippen LogP contribution < -0.4 is 16.0 Å². The first kappa shape index (κ1) is 22.0. The second kappa shape index (κ2) is 8.61. The quantitative estimate of drug-likeness (QED) is 0.265. The van der Waals surface area contributed by atoms with Crippen LogP contribution >= 0.6 is 0 Å². The van der Waals surface area contributed by atoms with Gasteiger partial charge in [-0.15, -0.1) is 0 Å². The summed E-state index contributed by atoms with van der Waals surface area (Å²) in [6, 6.07) is 18.6. The van der Waals surface area contributed by atoms with Crippen LogP contribution in [0.2, 0.25) is 0 Å². The van der Waals surface area contributed by atoms with Crippen molar-refractivity contribution in [2.75, 3.05) is 22.5 Å². The van der Waals surface area contributed by atoms with Gasteiger partial charge in [0.15, 0.2) is 0 Å². The average molecular weight is 474 g/mol. The Balaban J connectivity index is 1.38.